The third-order valence-electron chi connectivity index (χ3n) is 5.69. The molecule has 0 saturated carbocycles. The summed E-state index contributed by atoms with van der Waals surface area (Å²) in [6, 6.07) is 18.2. The Morgan fingerprint density at radius 2 is 0.750 bits per heavy atom. The molecule has 2 rings (SSSR count). The molecule has 0 radical (unpaired) electrons. The van der Waals surface area contributed by atoms with Gasteiger partial charge in [-0.15, -0.1) is 0 Å². The first kappa shape index (κ1) is 25.6. The molecule has 4 heteroatoms. The number of methoxy groups -OCH3 is 2. The molecular weight excluding hydrogens is 396 g/mol. The highest BCUT2D eigenvalue weighted by atomic mass is 16.5. The minimum absolute atomic E-state index is 0.335. The van der Waals surface area contributed by atoms with Crippen LogP contribution in [-0.2, 0) is 0 Å². The average Bonchev–Trinajstić information content (AvgIpc) is 2.75. The SMILES string of the molecule is COc1ccc(/C(=C(/c2ccc(OC)cc2)N(C(C)C)C(C)C)N(C(C)C)C(C)C)cc1. The van der Waals surface area contributed by atoms with Gasteiger partial charge in [0.1, 0.15) is 11.5 Å². The van der Waals surface area contributed by atoms with Crippen molar-refractivity contribution in [2.75, 3.05) is 14.2 Å². The number of rotatable bonds is 10. The lowest BCUT2D eigenvalue weighted by Gasteiger charge is -2.43. The summed E-state index contributed by atoms with van der Waals surface area (Å²) in [6.45, 7) is 18.1. The third-order valence-corrected chi connectivity index (χ3v) is 5.69. The predicted molar refractivity (Wildman–Crippen MR) is 137 cm³/mol. The molecule has 0 aromatic heterocycles. The molecule has 2 aromatic carbocycles. The first-order valence-electron chi connectivity index (χ1n) is 11.7. The Morgan fingerprint density at radius 3 is 0.938 bits per heavy atom. The van der Waals surface area contributed by atoms with Crippen molar-refractivity contribution in [3.63, 3.8) is 0 Å². The lowest BCUT2D eigenvalue weighted by molar-refractivity contribution is 0.251. The summed E-state index contributed by atoms with van der Waals surface area (Å²) in [4.78, 5) is 5.05. The van der Waals surface area contributed by atoms with Crippen molar-refractivity contribution < 1.29 is 9.47 Å². The first-order valence-corrected chi connectivity index (χ1v) is 11.7. The van der Waals surface area contributed by atoms with E-state index in [2.05, 4.69) is 114 Å². The van der Waals surface area contributed by atoms with E-state index in [1.165, 1.54) is 22.5 Å². The van der Waals surface area contributed by atoms with Gasteiger partial charge in [0.25, 0.3) is 0 Å². The summed E-state index contributed by atoms with van der Waals surface area (Å²) in [5, 5.41) is 0. The fourth-order valence-electron chi connectivity index (χ4n) is 4.54. The van der Waals surface area contributed by atoms with Gasteiger partial charge in [-0.2, -0.15) is 0 Å². The van der Waals surface area contributed by atoms with Crippen molar-refractivity contribution in [3.05, 3.63) is 59.7 Å². The van der Waals surface area contributed by atoms with Crippen LogP contribution < -0.4 is 9.47 Å². The summed E-state index contributed by atoms with van der Waals surface area (Å²) < 4.78 is 10.9. The maximum atomic E-state index is 5.44. The molecule has 0 saturated heterocycles. The number of ether oxygens (including phenoxy) is 2. The van der Waals surface area contributed by atoms with E-state index in [1.54, 1.807) is 14.2 Å². The van der Waals surface area contributed by atoms with E-state index >= 15 is 0 Å². The minimum Gasteiger partial charge on any atom is -0.497 e. The molecule has 0 atom stereocenters. The maximum absolute atomic E-state index is 5.44. The van der Waals surface area contributed by atoms with Gasteiger partial charge < -0.3 is 19.3 Å². The first-order chi connectivity index (χ1) is 15.1. The molecular formula is C28H42N2O2. The standard InChI is InChI=1S/C28H42N2O2/c1-19(2)29(20(3)4)27(23-11-15-25(31-9)16-12-23)28(30(21(5)6)22(7)8)24-13-17-26(32-10)18-14-24/h11-22H,1-10H3/b28-27+. The van der Waals surface area contributed by atoms with E-state index in [4.69, 9.17) is 9.47 Å². The molecule has 0 N–H and O–H groups in total. The topological polar surface area (TPSA) is 24.9 Å². The van der Waals surface area contributed by atoms with Gasteiger partial charge >= 0.3 is 0 Å². The van der Waals surface area contributed by atoms with Crippen LogP contribution in [0.25, 0.3) is 11.4 Å². The van der Waals surface area contributed by atoms with Gasteiger partial charge in [0.05, 0.1) is 25.6 Å². The van der Waals surface area contributed by atoms with E-state index < -0.39 is 0 Å². The van der Waals surface area contributed by atoms with Crippen LogP contribution in [0, 0.1) is 0 Å². The molecule has 176 valence electrons. The molecule has 0 unspecified atom stereocenters. The molecule has 0 aliphatic rings. The van der Waals surface area contributed by atoms with Crippen LogP contribution in [-0.4, -0.2) is 48.2 Å². The Labute approximate surface area is 195 Å². The van der Waals surface area contributed by atoms with Gasteiger partial charge in [0.2, 0.25) is 0 Å². The minimum atomic E-state index is 0.335. The highest BCUT2D eigenvalue weighted by molar-refractivity contribution is 5.89. The van der Waals surface area contributed by atoms with Crippen LogP contribution in [0.4, 0.5) is 0 Å². The quantitative estimate of drug-likeness (QED) is 0.382. The number of nitrogens with zero attached hydrogens (tertiary/aromatic N) is 2. The lowest BCUT2D eigenvalue weighted by atomic mass is 9.98. The van der Waals surface area contributed by atoms with Crippen LogP contribution in [0.3, 0.4) is 0 Å². The molecule has 0 aliphatic carbocycles. The molecule has 0 amide bonds. The average molecular weight is 439 g/mol. The van der Waals surface area contributed by atoms with Crippen LogP contribution in [0.5, 0.6) is 11.5 Å². The summed E-state index contributed by atoms with van der Waals surface area (Å²) in [5.74, 6) is 1.73. The van der Waals surface area contributed by atoms with Crippen molar-refractivity contribution in [2.45, 2.75) is 79.6 Å². The van der Waals surface area contributed by atoms with E-state index in [0.717, 1.165) is 11.5 Å². The monoisotopic (exact) mass is 438 g/mol. The Kier molecular flexibility index (Phi) is 9.06. The summed E-state index contributed by atoms with van der Waals surface area (Å²) >= 11 is 0. The van der Waals surface area contributed by atoms with Crippen molar-refractivity contribution >= 4 is 11.4 Å². The molecule has 0 bridgehead atoms. The lowest BCUT2D eigenvalue weighted by Crippen LogP contribution is -2.41. The number of hydrogen-bond donors (Lipinski definition) is 0. The molecule has 32 heavy (non-hydrogen) atoms. The normalized spacial score (nSPS) is 12.4. The zero-order valence-electron chi connectivity index (χ0n) is 21.6. The second kappa shape index (κ2) is 11.3. The zero-order chi connectivity index (χ0) is 24.0. The third kappa shape index (κ3) is 5.79. The van der Waals surface area contributed by atoms with Gasteiger partial charge in [-0.3, -0.25) is 0 Å². The Morgan fingerprint density at radius 1 is 0.500 bits per heavy atom. The van der Waals surface area contributed by atoms with Crippen LogP contribution in [0.15, 0.2) is 48.5 Å². The Bertz CT molecular complexity index is 776. The fraction of sp³-hybridized carbons (Fsp3) is 0.500. The second-order valence-electron chi connectivity index (χ2n) is 9.34. The van der Waals surface area contributed by atoms with E-state index in [1.807, 2.05) is 0 Å². The predicted octanol–water partition coefficient (Wildman–Crippen LogP) is 6.77. The van der Waals surface area contributed by atoms with E-state index in [-0.39, 0.29) is 0 Å². The second-order valence-corrected chi connectivity index (χ2v) is 9.34. The smallest absolute Gasteiger partial charge is 0.118 e. The van der Waals surface area contributed by atoms with Crippen LogP contribution in [0.1, 0.15) is 66.5 Å². The van der Waals surface area contributed by atoms with Gasteiger partial charge in [-0.1, -0.05) is 0 Å². The zero-order valence-corrected chi connectivity index (χ0v) is 21.6. The highest BCUT2D eigenvalue weighted by Crippen LogP contribution is 2.37. The summed E-state index contributed by atoms with van der Waals surface area (Å²) in [7, 11) is 3.42. The van der Waals surface area contributed by atoms with Gasteiger partial charge in [0, 0.05) is 35.3 Å². The Hall–Kier alpha value is -2.62. The molecule has 4 nitrogen and oxygen atoms in total. The number of hydrogen-bond acceptors (Lipinski definition) is 4. The molecule has 0 spiro atoms. The van der Waals surface area contributed by atoms with Crippen LogP contribution >= 0.6 is 0 Å². The van der Waals surface area contributed by atoms with Crippen molar-refractivity contribution in [3.8, 4) is 11.5 Å². The Balaban J connectivity index is 2.96. The largest absolute Gasteiger partial charge is 0.497 e. The van der Waals surface area contributed by atoms with Crippen molar-refractivity contribution in [1.82, 2.24) is 9.80 Å². The molecule has 0 fully saturated rings. The van der Waals surface area contributed by atoms with Gasteiger partial charge in [-0.05, 0) is 104 Å². The summed E-state index contributed by atoms with van der Waals surface area (Å²) in [6.07, 6.45) is 0. The molecule has 0 heterocycles. The summed E-state index contributed by atoms with van der Waals surface area (Å²) in [5.41, 5.74) is 4.85. The van der Waals surface area contributed by atoms with E-state index in [0.29, 0.717) is 24.2 Å². The number of benzene rings is 2. The van der Waals surface area contributed by atoms with Crippen molar-refractivity contribution in [1.29, 1.82) is 0 Å². The van der Waals surface area contributed by atoms with Gasteiger partial charge in [0.15, 0.2) is 0 Å². The highest BCUT2D eigenvalue weighted by Gasteiger charge is 2.28. The maximum Gasteiger partial charge on any atom is 0.118 e. The van der Waals surface area contributed by atoms with Crippen LogP contribution in [0.2, 0.25) is 0 Å². The van der Waals surface area contributed by atoms with Gasteiger partial charge in [-0.25, -0.2) is 0 Å². The van der Waals surface area contributed by atoms with Crippen molar-refractivity contribution in [2.24, 2.45) is 0 Å². The fourth-order valence-corrected chi connectivity index (χ4v) is 4.54. The molecule has 2 aromatic rings. The molecule has 0 aliphatic heterocycles. The van der Waals surface area contributed by atoms with E-state index in [9.17, 15) is 0 Å².